The predicted octanol–water partition coefficient (Wildman–Crippen LogP) is 3.70. The maximum atomic E-state index is 11.2. The Hall–Kier alpha value is -1.42. The summed E-state index contributed by atoms with van der Waals surface area (Å²) in [5.41, 5.74) is 1.62. The van der Waals surface area contributed by atoms with Gasteiger partial charge in [-0.3, -0.25) is 4.79 Å². The molecule has 5 heteroatoms. The summed E-state index contributed by atoms with van der Waals surface area (Å²) in [6.45, 7) is 4.32. The lowest BCUT2D eigenvalue weighted by Crippen LogP contribution is -2.17. The fourth-order valence-corrected chi connectivity index (χ4v) is 3.48. The smallest absolute Gasteiger partial charge is 0.304 e. The second-order valence-electron chi connectivity index (χ2n) is 5.89. The first kappa shape index (κ1) is 13.6. The number of carbonyl (C=O) groups is 1. The molecule has 0 spiro atoms. The van der Waals surface area contributed by atoms with E-state index in [4.69, 9.17) is 26.2 Å². The summed E-state index contributed by atoms with van der Waals surface area (Å²) in [6.07, 6.45) is 1.84. The lowest BCUT2D eigenvalue weighted by atomic mass is 9.83. The zero-order valence-corrected chi connectivity index (χ0v) is 12.3. The van der Waals surface area contributed by atoms with Gasteiger partial charge in [-0.1, -0.05) is 25.4 Å². The van der Waals surface area contributed by atoms with Crippen molar-refractivity contribution in [3.63, 3.8) is 0 Å². The molecule has 0 atom stereocenters. The molecule has 0 unspecified atom stereocenters. The van der Waals surface area contributed by atoms with E-state index in [0.29, 0.717) is 10.8 Å². The zero-order valence-electron chi connectivity index (χ0n) is 11.5. The van der Waals surface area contributed by atoms with Crippen LogP contribution in [0.1, 0.15) is 50.2 Å². The average molecular weight is 297 g/mol. The van der Waals surface area contributed by atoms with Crippen molar-refractivity contribution in [1.29, 1.82) is 0 Å². The number of carboxylic acid groups (broad SMARTS) is 1. The summed E-state index contributed by atoms with van der Waals surface area (Å²) in [6, 6.07) is 1.76. The minimum Gasteiger partial charge on any atom is -0.481 e. The van der Waals surface area contributed by atoms with E-state index in [1.165, 1.54) is 0 Å². The molecule has 1 heterocycles. The van der Waals surface area contributed by atoms with Gasteiger partial charge in [0.1, 0.15) is 0 Å². The fraction of sp³-hybridized carbons (Fsp3) is 0.533. The van der Waals surface area contributed by atoms with Gasteiger partial charge in [-0.25, -0.2) is 0 Å². The highest BCUT2D eigenvalue weighted by Crippen LogP contribution is 2.58. The Labute approximate surface area is 122 Å². The predicted molar refractivity (Wildman–Crippen MR) is 74.8 cm³/mol. The molecule has 108 valence electrons. The van der Waals surface area contributed by atoms with Crippen LogP contribution in [-0.2, 0) is 10.2 Å². The van der Waals surface area contributed by atoms with Crippen LogP contribution in [0.25, 0.3) is 0 Å². The van der Waals surface area contributed by atoms with E-state index in [0.717, 1.165) is 29.7 Å². The molecular formula is C15H17ClO4. The Kier molecular flexibility index (Phi) is 3.09. The number of hydrogen-bond acceptors (Lipinski definition) is 3. The third kappa shape index (κ3) is 2.03. The maximum Gasteiger partial charge on any atom is 0.304 e. The molecule has 0 aromatic heterocycles. The number of halogens is 1. The molecule has 0 radical (unpaired) electrons. The molecule has 0 bridgehead atoms. The van der Waals surface area contributed by atoms with E-state index < -0.39 is 5.97 Å². The highest BCUT2D eigenvalue weighted by molar-refractivity contribution is 6.32. The third-order valence-corrected chi connectivity index (χ3v) is 4.40. The number of hydrogen-bond donors (Lipinski definition) is 1. The summed E-state index contributed by atoms with van der Waals surface area (Å²) in [7, 11) is 0. The molecule has 1 fully saturated rings. The van der Waals surface area contributed by atoms with Gasteiger partial charge in [0, 0.05) is 22.1 Å². The van der Waals surface area contributed by atoms with Crippen LogP contribution in [0.15, 0.2) is 6.07 Å². The highest BCUT2D eigenvalue weighted by atomic mass is 35.5. The van der Waals surface area contributed by atoms with Gasteiger partial charge in [0.15, 0.2) is 11.5 Å². The Balaban J connectivity index is 2.18. The normalized spacial score (nSPS) is 18.4. The minimum absolute atomic E-state index is 0.117. The van der Waals surface area contributed by atoms with Gasteiger partial charge in [-0.15, -0.1) is 0 Å². The summed E-state index contributed by atoms with van der Waals surface area (Å²) in [5.74, 6) is 0.806. The van der Waals surface area contributed by atoms with Gasteiger partial charge < -0.3 is 14.6 Å². The molecule has 1 saturated carbocycles. The average Bonchev–Trinajstić information content (AvgIpc) is 2.95. The number of rotatable bonds is 4. The Bertz CT molecular complexity index is 576. The van der Waals surface area contributed by atoms with Crippen molar-refractivity contribution in [2.24, 2.45) is 0 Å². The van der Waals surface area contributed by atoms with Crippen LogP contribution in [0.3, 0.4) is 0 Å². The van der Waals surface area contributed by atoms with Crippen LogP contribution in [0.5, 0.6) is 11.5 Å². The minimum atomic E-state index is -0.786. The standard InChI is InChI=1S/C15H17ClO4/c1-8(2)12-13(15(3-4-15)6-11(17)18)9(16)5-10-14(12)20-7-19-10/h5,8H,3-4,6-7H2,1-2H3,(H,17,18). The monoisotopic (exact) mass is 296 g/mol. The number of fused-ring (bicyclic) bond motifs is 1. The molecule has 1 aliphatic carbocycles. The van der Waals surface area contributed by atoms with E-state index in [1.54, 1.807) is 6.07 Å². The van der Waals surface area contributed by atoms with Crippen molar-refractivity contribution < 1.29 is 19.4 Å². The summed E-state index contributed by atoms with van der Waals surface area (Å²) >= 11 is 6.44. The number of benzene rings is 1. The van der Waals surface area contributed by atoms with E-state index in [2.05, 4.69) is 13.8 Å². The Morgan fingerprint density at radius 2 is 2.15 bits per heavy atom. The molecular weight excluding hydrogens is 280 g/mol. The topological polar surface area (TPSA) is 55.8 Å². The van der Waals surface area contributed by atoms with E-state index in [1.807, 2.05) is 0 Å². The first-order valence-corrected chi connectivity index (χ1v) is 7.17. The van der Waals surface area contributed by atoms with E-state index in [9.17, 15) is 4.79 Å². The number of carboxylic acids is 1. The number of aliphatic carboxylic acids is 1. The lowest BCUT2D eigenvalue weighted by Gasteiger charge is -2.23. The van der Waals surface area contributed by atoms with Crippen molar-refractivity contribution in [3.8, 4) is 11.5 Å². The fourth-order valence-electron chi connectivity index (χ4n) is 3.08. The lowest BCUT2D eigenvalue weighted by molar-refractivity contribution is -0.137. The molecule has 1 aromatic carbocycles. The van der Waals surface area contributed by atoms with Crippen LogP contribution in [0.4, 0.5) is 0 Å². The molecule has 2 aliphatic rings. The molecule has 0 amide bonds. The molecule has 1 N–H and O–H groups in total. The molecule has 1 aromatic rings. The molecule has 4 nitrogen and oxygen atoms in total. The molecule has 1 aliphatic heterocycles. The third-order valence-electron chi connectivity index (χ3n) is 4.10. The largest absolute Gasteiger partial charge is 0.481 e. The van der Waals surface area contributed by atoms with Crippen molar-refractivity contribution in [2.45, 2.75) is 44.4 Å². The van der Waals surface area contributed by atoms with E-state index >= 15 is 0 Å². The SMILES string of the molecule is CC(C)c1c2c(cc(Cl)c1C1(CC(=O)O)CC1)OCO2. The highest BCUT2D eigenvalue weighted by Gasteiger charge is 2.50. The zero-order chi connectivity index (χ0) is 14.5. The van der Waals surface area contributed by atoms with Crippen molar-refractivity contribution in [2.75, 3.05) is 6.79 Å². The van der Waals surface area contributed by atoms with Crippen LogP contribution in [0.2, 0.25) is 5.02 Å². The van der Waals surface area contributed by atoms with Crippen LogP contribution in [0, 0.1) is 0 Å². The van der Waals surface area contributed by atoms with Gasteiger partial charge in [0.05, 0.1) is 6.42 Å². The Morgan fingerprint density at radius 3 is 2.70 bits per heavy atom. The summed E-state index contributed by atoms with van der Waals surface area (Å²) < 4.78 is 11.0. The summed E-state index contributed by atoms with van der Waals surface area (Å²) in [4.78, 5) is 11.2. The van der Waals surface area contributed by atoms with Crippen molar-refractivity contribution in [1.82, 2.24) is 0 Å². The van der Waals surface area contributed by atoms with Crippen molar-refractivity contribution >= 4 is 17.6 Å². The summed E-state index contributed by atoms with van der Waals surface area (Å²) in [5, 5.41) is 9.76. The first-order valence-electron chi connectivity index (χ1n) is 6.79. The Morgan fingerprint density at radius 1 is 1.45 bits per heavy atom. The van der Waals surface area contributed by atoms with Gasteiger partial charge in [-0.2, -0.15) is 0 Å². The van der Waals surface area contributed by atoms with Crippen LogP contribution in [-0.4, -0.2) is 17.9 Å². The number of ether oxygens (including phenoxy) is 2. The van der Waals surface area contributed by atoms with Gasteiger partial charge in [-0.05, 0) is 24.3 Å². The van der Waals surface area contributed by atoms with Gasteiger partial charge in [0.25, 0.3) is 0 Å². The van der Waals surface area contributed by atoms with E-state index in [-0.39, 0.29) is 24.5 Å². The van der Waals surface area contributed by atoms with Crippen molar-refractivity contribution in [3.05, 3.63) is 22.2 Å². The second kappa shape index (κ2) is 4.55. The van der Waals surface area contributed by atoms with Crippen LogP contribution >= 0.6 is 11.6 Å². The van der Waals surface area contributed by atoms with Gasteiger partial charge in [0.2, 0.25) is 6.79 Å². The molecule has 20 heavy (non-hydrogen) atoms. The quantitative estimate of drug-likeness (QED) is 0.920. The molecule has 3 rings (SSSR count). The second-order valence-corrected chi connectivity index (χ2v) is 6.29. The van der Waals surface area contributed by atoms with Crippen LogP contribution < -0.4 is 9.47 Å². The first-order chi connectivity index (χ1) is 9.44. The maximum absolute atomic E-state index is 11.2. The molecule has 0 saturated heterocycles. The van der Waals surface area contributed by atoms with Gasteiger partial charge >= 0.3 is 5.97 Å².